The third-order valence-corrected chi connectivity index (χ3v) is 5.35. The number of hydrogen-bond acceptors (Lipinski definition) is 6. The molecule has 0 saturated carbocycles. The second-order valence-electron chi connectivity index (χ2n) is 5.16. The van der Waals surface area contributed by atoms with Gasteiger partial charge in [0.15, 0.2) is 9.84 Å². The van der Waals surface area contributed by atoms with Gasteiger partial charge in [-0.05, 0) is 37.6 Å². The van der Waals surface area contributed by atoms with Gasteiger partial charge in [-0.1, -0.05) is 0 Å². The molecular weight excluding hydrogens is 322 g/mol. The van der Waals surface area contributed by atoms with Crippen LogP contribution in [0, 0.1) is 0 Å². The average Bonchev–Trinajstić information content (AvgIpc) is 2.87. The minimum Gasteiger partial charge on any atom is -0.465 e. The zero-order valence-corrected chi connectivity index (χ0v) is 13.8. The lowest BCUT2D eigenvalue weighted by atomic mass is 10.1. The molecule has 0 radical (unpaired) electrons. The minimum atomic E-state index is -3.15. The van der Waals surface area contributed by atoms with Gasteiger partial charge in [-0.25, -0.2) is 18.0 Å². The van der Waals surface area contributed by atoms with Gasteiger partial charge in [0.05, 0.1) is 36.8 Å². The third-order valence-electron chi connectivity index (χ3n) is 3.60. The molecule has 0 N–H and O–H groups in total. The van der Waals surface area contributed by atoms with E-state index in [1.165, 1.54) is 24.1 Å². The van der Waals surface area contributed by atoms with Crippen molar-refractivity contribution in [1.82, 2.24) is 0 Å². The highest BCUT2D eigenvalue weighted by Gasteiger charge is 2.36. The largest absolute Gasteiger partial charge is 0.465 e. The van der Waals surface area contributed by atoms with Gasteiger partial charge in [-0.2, -0.15) is 0 Å². The molecule has 7 nitrogen and oxygen atoms in total. The first-order valence-corrected chi connectivity index (χ1v) is 9.05. The number of amides is 1. The summed E-state index contributed by atoms with van der Waals surface area (Å²) in [6.07, 6.45) is -0.236. The lowest BCUT2D eigenvalue weighted by Crippen LogP contribution is -2.41. The third kappa shape index (κ3) is 4.01. The van der Waals surface area contributed by atoms with Gasteiger partial charge in [0, 0.05) is 5.69 Å². The van der Waals surface area contributed by atoms with Crippen LogP contribution < -0.4 is 4.90 Å². The van der Waals surface area contributed by atoms with Crippen molar-refractivity contribution in [3.8, 4) is 0 Å². The normalized spacial score (nSPS) is 19.1. The molecule has 1 aliphatic rings. The summed E-state index contributed by atoms with van der Waals surface area (Å²) < 4.78 is 33.1. The van der Waals surface area contributed by atoms with Crippen molar-refractivity contribution in [2.24, 2.45) is 0 Å². The smallest absolute Gasteiger partial charge is 0.414 e. The maximum absolute atomic E-state index is 12.2. The van der Waals surface area contributed by atoms with Crippen LogP contribution in [0.3, 0.4) is 0 Å². The number of anilines is 1. The van der Waals surface area contributed by atoms with E-state index in [0.29, 0.717) is 17.7 Å². The summed E-state index contributed by atoms with van der Waals surface area (Å²) in [6, 6.07) is 5.73. The van der Waals surface area contributed by atoms with E-state index in [0.717, 1.165) is 0 Å². The van der Waals surface area contributed by atoms with Gasteiger partial charge in [-0.3, -0.25) is 4.90 Å². The molecule has 1 heterocycles. The molecule has 126 valence electrons. The molecule has 0 aliphatic carbocycles. The van der Waals surface area contributed by atoms with Gasteiger partial charge in [0.25, 0.3) is 0 Å². The number of esters is 1. The summed E-state index contributed by atoms with van der Waals surface area (Å²) in [5.41, 5.74) is 0.831. The predicted octanol–water partition coefficient (Wildman–Crippen LogP) is 1.62. The standard InChI is InChI=1S/C15H19NO6S/c1-3-22-15(18)16(13-8-9-23(19,20)10-13)12-6-4-11(5-7-12)14(17)21-2/h4-7,13H,3,8-10H2,1-2H3. The summed E-state index contributed by atoms with van der Waals surface area (Å²) in [6.45, 7) is 1.87. The number of hydrogen-bond donors (Lipinski definition) is 0. The molecule has 1 aromatic carbocycles. The molecule has 8 heteroatoms. The molecule has 1 atom stereocenters. The minimum absolute atomic E-state index is 0.0494. The predicted molar refractivity (Wildman–Crippen MR) is 84.3 cm³/mol. The van der Waals surface area contributed by atoms with E-state index in [-0.39, 0.29) is 18.1 Å². The number of carbonyl (C=O) groups is 2. The molecule has 1 aliphatic heterocycles. The quantitative estimate of drug-likeness (QED) is 0.773. The Morgan fingerprint density at radius 3 is 2.39 bits per heavy atom. The number of rotatable bonds is 4. The van der Waals surface area contributed by atoms with Crippen molar-refractivity contribution >= 4 is 27.6 Å². The van der Waals surface area contributed by atoms with Gasteiger partial charge in [-0.15, -0.1) is 0 Å². The topological polar surface area (TPSA) is 90.0 Å². The van der Waals surface area contributed by atoms with E-state index >= 15 is 0 Å². The number of methoxy groups -OCH3 is 1. The summed E-state index contributed by atoms with van der Waals surface area (Å²) >= 11 is 0. The fraction of sp³-hybridized carbons (Fsp3) is 0.467. The number of sulfone groups is 1. The van der Waals surface area contributed by atoms with Crippen molar-refractivity contribution < 1.29 is 27.5 Å². The summed E-state index contributed by atoms with van der Waals surface area (Å²) in [5, 5.41) is 0. The van der Waals surface area contributed by atoms with Crippen molar-refractivity contribution in [3.05, 3.63) is 29.8 Å². The summed E-state index contributed by atoms with van der Waals surface area (Å²) in [4.78, 5) is 25.0. The van der Waals surface area contributed by atoms with Crippen LogP contribution in [-0.2, 0) is 19.3 Å². The molecular formula is C15H19NO6S. The monoisotopic (exact) mass is 341 g/mol. The number of nitrogens with zero attached hydrogens (tertiary/aromatic N) is 1. The van der Waals surface area contributed by atoms with E-state index in [1.54, 1.807) is 19.1 Å². The average molecular weight is 341 g/mol. The second kappa shape index (κ2) is 6.99. The first-order valence-electron chi connectivity index (χ1n) is 7.22. The Hall–Kier alpha value is -2.09. The van der Waals surface area contributed by atoms with Gasteiger partial charge in [0.2, 0.25) is 0 Å². The van der Waals surface area contributed by atoms with Crippen molar-refractivity contribution in [3.63, 3.8) is 0 Å². The maximum Gasteiger partial charge on any atom is 0.414 e. The zero-order chi connectivity index (χ0) is 17.0. The van der Waals surface area contributed by atoms with E-state index < -0.39 is 27.9 Å². The molecule has 1 saturated heterocycles. The van der Waals surface area contributed by atoms with Crippen LogP contribution in [0.1, 0.15) is 23.7 Å². The number of benzene rings is 1. The molecule has 1 aromatic rings. The molecule has 1 unspecified atom stereocenters. The lowest BCUT2D eigenvalue weighted by molar-refractivity contribution is 0.0600. The second-order valence-corrected chi connectivity index (χ2v) is 7.39. The molecule has 2 rings (SSSR count). The molecule has 1 amide bonds. The van der Waals surface area contributed by atoms with Crippen molar-refractivity contribution in [2.75, 3.05) is 30.1 Å². The number of carbonyl (C=O) groups excluding carboxylic acids is 2. The van der Waals surface area contributed by atoms with Crippen LogP contribution in [0.4, 0.5) is 10.5 Å². The molecule has 0 spiro atoms. The Morgan fingerprint density at radius 2 is 1.91 bits per heavy atom. The summed E-state index contributed by atoms with van der Waals surface area (Å²) in [5.74, 6) is -0.527. The Bertz CT molecular complexity index is 682. The SMILES string of the molecule is CCOC(=O)N(c1ccc(C(=O)OC)cc1)C1CCS(=O)(=O)C1. The van der Waals surface area contributed by atoms with Crippen LogP contribution >= 0.6 is 0 Å². The van der Waals surface area contributed by atoms with Gasteiger partial charge < -0.3 is 9.47 Å². The van der Waals surface area contributed by atoms with Crippen LogP contribution in [0.2, 0.25) is 0 Å². The van der Waals surface area contributed by atoms with E-state index in [1.807, 2.05) is 0 Å². The Labute approximate surface area is 135 Å². The van der Waals surface area contributed by atoms with Crippen LogP contribution in [0.15, 0.2) is 24.3 Å². The van der Waals surface area contributed by atoms with Crippen LogP contribution in [-0.4, -0.2) is 51.7 Å². The van der Waals surface area contributed by atoms with Gasteiger partial charge >= 0.3 is 12.1 Å². The first kappa shape index (κ1) is 17.3. The fourth-order valence-electron chi connectivity index (χ4n) is 2.51. The van der Waals surface area contributed by atoms with Crippen molar-refractivity contribution in [1.29, 1.82) is 0 Å². The molecule has 0 bridgehead atoms. The zero-order valence-electron chi connectivity index (χ0n) is 13.0. The highest BCUT2D eigenvalue weighted by molar-refractivity contribution is 7.91. The number of ether oxygens (including phenoxy) is 2. The highest BCUT2D eigenvalue weighted by Crippen LogP contribution is 2.26. The highest BCUT2D eigenvalue weighted by atomic mass is 32.2. The van der Waals surface area contributed by atoms with Crippen LogP contribution in [0.25, 0.3) is 0 Å². The Kier molecular flexibility index (Phi) is 5.25. The van der Waals surface area contributed by atoms with E-state index in [9.17, 15) is 18.0 Å². The van der Waals surface area contributed by atoms with E-state index in [2.05, 4.69) is 4.74 Å². The van der Waals surface area contributed by atoms with Crippen LogP contribution in [0.5, 0.6) is 0 Å². The molecule has 1 fully saturated rings. The Morgan fingerprint density at radius 1 is 1.26 bits per heavy atom. The van der Waals surface area contributed by atoms with E-state index in [4.69, 9.17) is 4.74 Å². The molecule has 23 heavy (non-hydrogen) atoms. The molecule has 0 aromatic heterocycles. The first-order chi connectivity index (χ1) is 10.9. The fourth-order valence-corrected chi connectivity index (χ4v) is 4.21. The van der Waals surface area contributed by atoms with Gasteiger partial charge in [0.1, 0.15) is 0 Å². The summed E-state index contributed by atoms with van der Waals surface area (Å²) in [7, 11) is -1.86. The lowest BCUT2D eigenvalue weighted by Gasteiger charge is -2.27. The maximum atomic E-state index is 12.2. The Balaban J connectivity index is 2.30. The van der Waals surface area contributed by atoms with Crippen molar-refractivity contribution in [2.45, 2.75) is 19.4 Å².